The number of aromatic nitrogens is 2. The molecule has 0 unspecified atom stereocenters. The zero-order chi connectivity index (χ0) is 12.3. The molecule has 0 amide bonds. The Hall–Kier alpha value is -2.10. The Labute approximate surface area is 101 Å². The van der Waals surface area contributed by atoms with Crippen LogP contribution in [0.15, 0.2) is 36.4 Å². The smallest absolute Gasteiger partial charge is 0.222 e. The fourth-order valence-electron chi connectivity index (χ4n) is 1.51. The summed E-state index contributed by atoms with van der Waals surface area (Å²) in [5.41, 5.74) is 7.62. The van der Waals surface area contributed by atoms with Gasteiger partial charge in [0.25, 0.3) is 0 Å². The Morgan fingerprint density at radius 3 is 2.47 bits per heavy atom. The zero-order valence-corrected chi connectivity index (χ0v) is 10.0. The second-order valence-corrected chi connectivity index (χ2v) is 4.18. The molecule has 1 aromatic carbocycles. The molecule has 0 saturated heterocycles. The highest BCUT2D eigenvalue weighted by Gasteiger charge is 2.05. The third kappa shape index (κ3) is 2.93. The third-order valence-corrected chi connectivity index (χ3v) is 2.40. The molecule has 2 rings (SSSR count). The number of anilines is 3. The maximum Gasteiger partial charge on any atom is 0.222 e. The van der Waals surface area contributed by atoms with E-state index in [0.29, 0.717) is 11.9 Å². The predicted octanol–water partition coefficient (Wildman–Crippen LogP) is 2.93. The molecule has 3 N–H and O–H groups in total. The van der Waals surface area contributed by atoms with Crippen molar-refractivity contribution in [3.63, 3.8) is 0 Å². The van der Waals surface area contributed by atoms with Crippen LogP contribution < -0.4 is 11.1 Å². The van der Waals surface area contributed by atoms with Crippen LogP contribution in [0.25, 0.3) is 0 Å². The number of nitrogens with zero attached hydrogens (tertiary/aromatic N) is 2. The summed E-state index contributed by atoms with van der Waals surface area (Å²) < 4.78 is 0. The highest BCUT2D eigenvalue weighted by molar-refractivity contribution is 5.57. The van der Waals surface area contributed by atoms with Crippen molar-refractivity contribution in [3.8, 4) is 0 Å². The van der Waals surface area contributed by atoms with Crippen molar-refractivity contribution in [2.45, 2.75) is 19.8 Å². The zero-order valence-electron chi connectivity index (χ0n) is 10.0. The Morgan fingerprint density at radius 1 is 1.12 bits per heavy atom. The monoisotopic (exact) mass is 228 g/mol. The van der Waals surface area contributed by atoms with Gasteiger partial charge >= 0.3 is 0 Å². The number of benzene rings is 1. The average Bonchev–Trinajstić information content (AvgIpc) is 2.29. The van der Waals surface area contributed by atoms with E-state index in [-0.39, 0.29) is 0 Å². The van der Waals surface area contributed by atoms with E-state index in [1.807, 2.05) is 36.4 Å². The third-order valence-electron chi connectivity index (χ3n) is 2.40. The van der Waals surface area contributed by atoms with Gasteiger partial charge in [-0.1, -0.05) is 32.0 Å². The number of nitrogen functional groups attached to an aromatic ring is 1. The maximum atomic E-state index is 5.69. The van der Waals surface area contributed by atoms with Crippen molar-refractivity contribution in [3.05, 3.63) is 42.1 Å². The van der Waals surface area contributed by atoms with E-state index < -0.39 is 0 Å². The topological polar surface area (TPSA) is 63.8 Å². The first-order valence-corrected chi connectivity index (χ1v) is 5.61. The van der Waals surface area contributed by atoms with Crippen molar-refractivity contribution in [1.29, 1.82) is 0 Å². The lowest BCUT2D eigenvalue weighted by molar-refractivity contribution is 0.819. The summed E-state index contributed by atoms with van der Waals surface area (Å²) in [5, 5.41) is 3.21. The van der Waals surface area contributed by atoms with Crippen molar-refractivity contribution in [1.82, 2.24) is 9.97 Å². The van der Waals surface area contributed by atoms with Gasteiger partial charge in [0.15, 0.2) is 0 Å². The Morgan fingerprint density at radius 2 is 1.82 bits per heavy atom. The molecule has 1 aromatic heterocycles. The van der Waals surface area contributed by atoms with Gasteiger partial charge in [-0.3, -0.25) is 0 Å². The molecular formula is C13H16N4. The van der Waals surface area contributed by atoms with E-state index in [0.717, 1.165) is 17.2 Å². The molecular weight excluding hydrogens is 212 g/mol. The molecule has 0 aliphatic heterocycles. The Bertz CT molecular complexity index is 494. The molecule has 0 fully saturated rings. The fraction of sp³-hybridized carbons (Fsp3) is 0.231. The molecule has 0 spiro atoms. The molecule has 1 heterocycles. The van der Waals surface area contributed by atoms with Gasteiger partial charge in [-0.2, -0.15) is 4.98 Å². The van der Waals surface area contributed by atoms with Gasteiger partial charge in [-0.15, -0.1) is 0 Å². The lowest BCUT2D eigenvalue weighted by Crippen LogP contribution is -2.04. The largest absolute Gasteiger partial charge is 0.368 e. The first kappa shape index (κ1) is 11.4. The summed E-state index contributed by atoms with van der Waals surface area (Å²) in [5.74, 6) is 1.36. The minimum Gasteiger partial charge on any atom is -0.368 e. The number of hydrogen-bond donors (Lipinski definition) is 2. The molecule has 0 aliphatic rings. The summed E-state index contributed by atoms with van der Waals surface area (Å²) in [4.78, 5) is 8.37. The molecule has 0 aliphatic carbocycles. The van der Waals surface area contributed by atoms with Gasteiger partial charge in [0.2, 0.25) is 5.95 Å². The van der Waals surface area contributed by atoms with Gasteiger partial charge in [0.05, 0.1) is 5.69 Å². The molecule has 0 radical (unpaired) electrons. The van der Waals surface area contributed by atoms with E-state index in [2.05, 4.69) is 29.1 Å². The van der Waals surface area contributed by atoms with E-state index in [9.17, 15) is 0 Å². The lowest BCUT2D eigenvalue weighted by atomic mass is 10.1. The summed E-state index contributed by atoms with van der Waals surface area (Å²) >= 11 is 0. The van der Waals surface area contributed by atoms with E-state index in [1.165, 1.54) is 0 Å². The summed E-state index contributed by atoms with van der Waals surface area (Å²) in [7, 11) is 0. The van der Waals surface area contributed by atoms with E-state index >= 15 is 0 Å². The van der Waals surface area contributed by atoms with Crippen molar-refractivity contribution in [2.24, 2.45) is 0 Å². The lowest BCUT2D eigenvalue weighted by Gasteiger charge is -2.09. The molecule has 17 heavy (non-hydrogen) atoms. The van der Waals surface area contributed by atoms with Crippen LogP contribution in [0.2, 0.25) is 0 Å². The van der Waals surface area contributed by atoms with E-state index in [4.69, 9.17) is 5.73 Å². The van der Waals surface area contributed by atoms with Crippen LogP contribution in [0.5, 0.6) is 0 Å². The maximum absolute atomic E-state index is 5.69. The summed E-state index contributed by atoms with van der Waals surface area (Å²) in [6, 6.07) is 11.8. The molecule has 0 saturated carbocycles. The van der Waals surface area contributed by atoms with Crippen LogP contribution in [0.3, 0.4) is 0 Å². The van der Waals surface area contributed by atoms with Crippen LogP contribution in [0.4, 0.5) is 17.5 Å². The first-order chi connectivity index (χ1) is 8.15. The van der Waals surface area contributed by atoms with Gasteiger partial charge in [-0.05, 0) is 18.1 Å². The number of hydrogen-bond acceptors (Lipinski definition) is 4. The van der Waals surface area contributed by atoms with Crippen molar-refractivity contribution in [2.75, 3.05) is 11.1 Å². The van der Waals surface area contributed by atoms with Crippen molar-refractivity contribution < 1.29 is 0 Å². The number of para-hydroxylation sites is 1. The molecule has 0 atom stereocenters. The van der Waals surface area contributed by atoms with Crippen LogP contribution in [-0.4, -0.2) is 9.97 Å². The van der Waals surface area contributed by atoms with Crippen LogP contribution in [0, 0.1) is 0 Å². The van der Waals surface area contributed by atoms with Crippen LogP contribution in [0.1, 0.15) is 25.5 Å². The van der Waals surface area contributed by atoms with Crippen LogP contribution in [-0.2, 0) is 0 Å². The summed E-state index contributed by atoms with van der Waals surface area (Å²) in [6.07, 6.45) is 0. The van der Waals surface area contributed by atoms with Crippen molar-refractivity contribution >= 4 is 17.5 Å². The Kier molecular flexibility index (Phi) is 3.23. The highest BCUT2D eigenvalue weighted by atomic mass is 15.1. The fourth-order valence-corrected chi connectivity index (χ4v) is 1.51. The first-order valence-electron chi connectivity index (χ1n) is 5.61. The molecule has 0 bridgehead atoms. The van der Waals surface area contributed by atoms with Gasteiger partial charge in [-0.25, -0.2) is 4.98 Å². The Balaban J connectivity index is 2.27. The van der Waals surface area contributed by atoms with E-state index in [1.54, 1.807) is 0 Å². The van der Waals surface area contributed by atoms with Crippen LogP contribution >= 0.6 is 0 Å². The number of nitrogens with one attached hydrogen (secondary N) is 1. The molecule has 2 aromatic rings. The standard InChI is InChI=1S/C13H16N4/c1-9(2)11-8-12(17-13(14)16-11)15-10-6-4-3-5-7-10/h3-9H,1-2H3,(H3,14,15,16,17). The quantitative estimate of drug-likeness (QED) is 0.847. The van der Waals surface area contributed by atoms with Gasteiger partial charge in [0, 0.05) is 11.8 Å². The van der Waals surface area contributed by atoms with Gasteiger partial charge < -0.3 is 11.1 Å². The second-order valence-electron chi connectivity index (χ2n) is 4.18. The summed E-state index contributed by atoms with van der Waals surface area (Å²) in [6.45, 7) is 4.15. The minimum absolute atomic E-state index is 0.301. The number of rotatable bonds is 3. The molecule has 4 heteroatoms. The molecule has 88 valence electrons. The second kappa shape index (κ2) is 4.82. The minimum atomic E-state index is 0.301. The highest BCUT2D eigenvalue weighted by Crippen LogP contribution is 2.19. The molecule has 4 nitrogen and oxygen atoms in total. The average molecular weight is 228 g/mol. The normalized spacial score (nSPS) is 10.5. The SMILES string of the molecule is CC(C)c1cc(Nc2ccccc2)nc(N)n1. The van der Waals surface area contributed by atoms with Gasteiger partial charge in [0.1, 0.15) is 5.82 Å². The number of nitrogens with two attached hydrogens (primary N) is 1. The predicted molar refractivity (Wildman–Crippen MR) is 70.3 cm³/mol.